The highest BCUT2D eigenvalue weighted by atomic mass is 35.5. The van der Waals surface area contributed by atoms with Crippen molar-refractivity contribution in [2.24, 2.45) is 0 Å². The smallest absolute Gasteiger partial charge is 0.174 e. The third-order valence-electron chi connectivity index (χ3n) is 2.81. The van der Waals surface area contributed by atoms with E-state index < -0.39 is 0 Å². The molecule has 0 fully saturated rings. The van der Waals surface area contributed by atoms with E-state index in [2.05, 4.69) is 11.4 Å². The van der Waals surface area contributed by atoms with Crippen LogP contribution in [0.4, 0.5) is 5.69 Å². The Morgan fingerprint density at radius 3 is 2.52 bits per heavy atom. The van der Waals surface area contributed by atoms with Gasteiger partial charge in [-0.3, -0.25) is 0 Å². The van der Waals surface area contributed by atoms with Gasteiger partial charge in [0.25, 0.3) is 0 Å². The van der Waals surface area contributed by atoms with Crippen LogP contribution >= 0.6 is 11.6 Å². The van der Waals surface area contributed by atoms with E-state index in [4.69, 9.17) is 26.9 Å². The van der Waals surface area contributed by atoms with Crippen molar-refractivity contribution in [1.82, 2.24) is 0 Å². The minimum Gasteiger partial charge on any atom is -0.479 e. The average Bonchev–Trinajstić information content (AvgIpc) is 2.52. The van der Waals surface area contributed by atoms with Gasteiger partial charge < -0.3 is 10.1 Å². The minimum absolute atomic E-state index is 0.0334. The van der Waals surface area contributed by atoms with Crippen molar-refractivity contribution in [1.29, 1.82) is 10.5 Å². The number of hydrogen-bond donors (Lipinski definition) is 1. The standard InChI is InChI=1S/C16H12ClN3O/c17-14-4-3-13(10-19)16(9-14)20-11-12-1-5-15(6-2-12)21-8-7-18/h1-6,9,20H,8,11H2. The van der Waals surface area contributed by atoms with Gasteiger partial charge in [0.15, 0.2) is 6.61 Å². The summed E-state index contributed by atoms with van der Waals surface area (Å²) in [6.07, 6.45) is 0. The van der Waals surface area contributed by atoms with Gasteiger partial charge >= 0.3 is 0 Å². The van der Waals surface area contributed by atoms with Gasteiger partial charge in [-0.1, -0.05) is 23.7 Å². The van der Waals surface area contributed by atoms with Crippen LogP contribution in [0.25, 0.3) is 0 Å². The molecule has 104 valence electrons. The zero-order valence-electron chi connectivity index (χ0n) is 11.1. The summed E-state index contributed by atoms with van der Waals surface area (Å²) in [4.78, 5) is 0. The summed E-state index contributed by atoms with van der Waals surface area (Å²) in [6, 6.07) is 16.5. The molecule has 0 unspecified atom stereocenters. The molecule has 0 aliphatic carbocycles. The van der Waals surface area contributed by atoms with Crippen LogP contribution in [-0.4, -0.2) is 6.61 Å². The predicted molar refractivity (Wildman–Crippen MR) is 81.0 cm³/mol. The zero-order chi connectivity index (χ0) is 15.1. The van der Waals surface area contributed by atoms with E-state index in [9.17, 15) is 0 Å². The third-order valence-corrected chi connectivity index (χ3v) is 3.05. The van der Waals surface area contributed by atoms with Gasteiger partial charge in [-0.15, -0.1) is 0 Å². The molecule has 5 heteroatoms. The monoisotopic (exact) mass is 297 g/mol. The van der Waals surface area contributed by atoms with E-state index in [1.54, 1.807) is 30.3 Å². The van der Waals surface area contributed by atoms with E-state index in [1.807, 2.05) is 18.2 Å². The fourth-order valence-electron chi connectivity index (χ4n) is 1.78. The number of rotatable bonds is 5. The maximum atomic E-state index is 9.05. The van der Waals surface area contributed by atoms with E-state index in [1.165, 1.54) is 0 Å². The van der Waals surface area contributed by atoms with Gasteiger partial charge in [0, 0.05) is 11.6 Å². The lowest BCUT2D eigenvalue weighted by atomic mass is 10.1. The number of halogens is 1. The molecule has 2 rings (SSSR count). The van der Waals surface area contributed by atoms with Gasteiger partial charge in [0.1, 0.15) is 17.9 Å². The molecule has 1 N–H and O–H groups in total. The maximum Gasteiger partial charge on any atom is 0.174 e. The minimum atomic E-state index is 0.0334. The van der Waals surface area contributed by atoms with E-state index >= 15 is 0 Å². The molecule has 0 radical (unpaired) electrons. The predicted octanol–water partition coefficient (Wildman–Crippen LogP) is 3.73. The molecule has 0 saturated heterocycles. The normalized spacial score (nSPS) is 9.48. The molecule has 2 aromatic rings. The van der Waals surface area contributed by atoms with Crippen molar-refractivity contribution < 1.29 is 4.74 Å². The zero-order valence-corrected chi connectivity index (χ0v) is 11.9. The lowest BCUT2D eigenvalue weighted by Gasteiger charge is -2.09. The Balaban J connectivity index is 2.02. The summed E-state index contributed by atoms with van der Waals surface area (Å²) in [5.74, 6) is 0.653. The van der Waals surface area contributed by atoms with Crippen LogP contribution in [0.2, 0.25) is 5.02 Å². The molecule has 0 aliphatic rings. The number of nitriles is 2. The first-order valence-electron chi connectivity index (χ1n) is 6.25. The second-order valence-corrected chi connectivity index (χ2v) is 4.68. The molecule has 0 saturated carbocycles. The van der Waals surface area contributed by atoms with Crippen molar-refractivity contribution in [3.8, 4) is 17.9 Å². The topological polar surface area (TPSA) is 68.8 Å². The van der Waals surface area contributed by atoms with E-state index in [-0.39, 0.29) is 6.61 Å². The van der Waals surface area contributed by atoms with Gasteiger partial charge in [-0.25, -0.2) is 0 Å². The van der Waals surface area contributed by atoms with E-state index in [0.717, 1.165) is 5.56 Å². The highest BCUT2D eigenvalue weighted by molar-refractivity contribution is 6.30. The molecule has 2 aromatic carbocycles. The van der Waals surface area contributed by atoms with E-state index in [0.29, 0.717) is 28.6 Å². The largest absolute Gasteiger partial charge is 0.479 e. The van der Waals surface area contributed by atoms with Crippen LogP contribution in [0, 0.1) is 22.7 Å². The first-order valence-corrected chi connectivity index (χ1v) is 6.63. The van der Waals surface area contributed by atoms with Crippen LogP contribution in [-0.2, 0) is 6.54 Å². The summed E-state index contributed by atoms with van der Waals surface area (Å²) in [5.41, 5.74) is 2.28. The number of benzene rings is 2. The number of hydrogen-bond acceptors (Lipinski definition) is 4. The SMILES string of the molecule is N#CCOc1ccc(CNc2cc(Cl)ccc2C#N)cc1. The third kappa shape index (κ3) is 4.14. The summed E-state index contributed by atoms with van der Waals surface area (Å²) in [6.45, 7) is 0.596. The fraction of sp³-hybridized carbons (Fsp3) is 0.125. The first kappa shape index (κ1) is 14.7. The number of nitrogens with zero attached hydrogens (tertiary/aromatic N) is 2. The molecule has 21 heavy (non-hydrogen) atoms. The lowest BCUT2D eigenvalue weighted by Crippen LogP contribution is -2.01. The Morgan fingerprint density at radius 2 is 1.86 bits per heavy atom. The fourth-order valence-corrected chi connectivity index (χ4v) is 1.95. The van der Waals surface area contributed by atoms with Crippen molar-refractivity contribution >= 4 is 17.3 Å². The molecule has 0 spiro atoms. The summed E-state index contributed by atoms with van der Waals surface area (Å²) < 4.78 is 5.18. The molecule has 0 amide bonds. The average molecular weight is 298 g/mol. The summed E-state index contributed by atoms with van der Waals surface area (Å²) >= 11 is 5.93. The molecule has 0 aromatic heterocycles. The van der Waals surface area contributed by atoms with Crippen molar-refractivity contribution in [2.45, 2.75) is 6.54 Å². The Bertz CT molecular complexity index is 699. The van der Waals surface area contributed by atoms with Crippen LogP contribution < -0.4 is 10.1 Å². The molecule has 0 heterocycles. The first-order chi connectivity index (χ1) is 10.2. The molecular weight excluding hydrogens is 286 g/mol. The van der Waals surface area contributed by atoms with Gasteiger partial charge in [0.2, 0.25) is 0 Å². The Kier molecular flexibility index (Phi) is 5.04. The second kappa shape index (κ2) is 7.19. The highest BCUT2D eigenvalue weighted by Gasteiger charge is 2.03. The summed E-state index contributed by atoms with van der Waals surface area (Å²) in [7, 11) is 0. The number of anilines is 1. The molecular formula is C16H12ClN3O. The van der Waals surface area contributed by atoms with Crippen LogP contribution in [0.15, 0.2) is 42.5 Å². The highest BCUT2D eigenvalue weighted by Crippen LogP contribution is 2.21. The van der Waals surface area contributed by atoms with Crippen LogP contribution in [0.5, 0.6) is 5.75 Å². The Morgan fingerprint density at radius 1 is 1.10 bits per heavy atom. The summed E-state index contributed by atoms with van der Waals surface area (Å²) in [5, 5.41) is 21.3. The van der Waals surface area contributed by atoms with Crippen LogP contribution in [0.1, 0.15) is 11.1 Å². The maximum absolute atomic E-state index is 9.05. The number of ether oxygens (including phenoxy) is 1. The van der Waals surface area contributed by atoms with Gasteiger partial charge in [-0.2, -0.15) is 10.5 Å². The Labute approximate surface area is 128 Å². The molecule has 4 nitrogen and oxygen atoms in total. The molecule has 0 atom stereocenters. The van der Waals surface area contributed by atoms with Crippen LogP contribution in [0.3, 0.4) is 0 Å². The molecule has 0 bridgehead atoms. The van der Waals surface area contributed by atoms with Crippen molar-refractivity contribution in [3.05, 3.63) is 58.6 Å². The van der Waals surface area contributed by atoms with Gasteiger partial charge in [0.05, 0.1) is 11.3 Å². The van der Waals surface area contributed by atoms with Crippen molar-refractivity contribution in [3.63, 3.8) is 0 Å². The number of nitrogens with one attached hydrogen (secondary N) is 1. The lowest BCUT2D eigenvalue weighted by molar-refractivity contribution is 0.368. The molecule has 0 aliphatic heterocycles. The second-order valence-electron chi connectivity index (χ2n) is 4.25. The quantitative estimate of drug-likeness (QED) is 0.913. The van der Waals surface area contributed by atoms with Gasteiger partial charge in [-0.05, 0) is 35.9 Å². The van der Waals surface area contributed by atoms with Crippen molar-refractivity contribution in [2.75, 3.05) is 11.9 Å². The Hall–Kier alpha value is -2.69.